The molecule has 28 heavy (non-hydrogen) atoms. The Morgan fingerprint density at radius 2 is 1.86 bits per heavy atom. The summed E-state index contributed by atoms with van der Waals surface area (Å²) in [6.07, 6.45) is 1.48. The number of benzene rings is 2. The molecule has 2 aromatic carbocycles. The van der Waals surface area contributed by atoms with Crippen LogP contribution in [0.25, 0.3) is 21.5 Å². The minimum Gasteiger partial charge on any atom is -0.493 e. The summed E-state index contributed by atoms with van der Waals surface area (Å²) in [4.78, 5) is 17.1. The smallest absolute Gasteiger partial charge is 0.273 e. The highest BCUT2D eigenvalue weighted by molar-refractivity contribution is 7.13. The van der Waals surface area contributed by atoms with Gasteiger partial charge in [-0.1, -0.05) is 12.1 Å². The first-order chi connectivity index (χ1) is 13.7. The number of hydrogen-bond donors (Lipinski definition) is 0. The number of hydrogen-bond acceptors (Lipinski definition) is 6. The van der Waals surface area contributed by atoms with Gasteiger partial charge in [-0.3, -0.25) is 9.36 Å². The maximum Gasteiger partial charge on any atom is 0.273 e. The van der Waals surface area contributed by atoms with Crippen molar-refractivity contribution < 1.29 is 13.9 Å². The van der Waals surface area contributed by atoms with Crippen molar-refractivity contribution >= 4 is 21.7 Å². The van der Waals surface area contributed by atoms with E-state index >= 15 is 0 Å². The van der Waals surface area contributed by atoms with Gasteiger partial charge in [-0.2, -0.15) is 4.37 Å². The summed E-state index contributed by atoms with van der Waals surface area (Å²) in [6, 6.07) is 13.3. The summed E-state index contributed by atoms with van der Waals surface area (Å²) in [6.45, 7) is 0.626. The van der Waals surface area contributed by atoms with E-state index in [1.165, 1.54) is 23.0 Å². The van der Waals surface area contributed by atoms with Crippen LogP contribution in [-0.2, 0) is 6.54 Å². The van der Waals surface area contributed by atoms with Crippen molar-refractivity contribution in [1.82, 2.24) is 13.9 Å². The summed E-state index contributed by atoms with van der Waals surface area (Å²) in [5.74, 6) is 0.923. The Morgan fingerprint density at radius 3 is 2.61 bits per heavy atom. The minimum absolute atomic E-state index is 0.181. The zero-order chi connectivity index (χ0) is 19.5. The van der Waals surface area contributed by atoms with E-state index in [0.717, 1.165) is 17.1 Å². The molecule has 4 rings (SSSR count). The highest BCUT2D eigenvalue weighted by Crippen LogP contribution is 2.28. The monoisotopic (exact) mass is 397 g/mol. The topological polar surface area (TPSA) is 66.2 Å². The van der Waals surface area contributed by atoms with Crippen molar-refractivity contribution in [3.63, 3.8) is 0 Å². The number of rotatable bonds is 6. The van der Waals surface area contributed by atoms with Crippen molar-refractivity contribution in [1.29, 1.82) is 0 Å². The van der Waals surface area contributed by atoms with Gasteiger partial charge in [-0.25, -0.2) is 9.37 Å². The van der Waals surface area contributed by atoms with E-state index in [1.807, 2.05) is 18.2 Å². The second-order valence-corrected chi connectivity index (χ2v) is 6.73. The van der Waals surface area contributed by atoms with Crippen molar-refractivity contribution in [3.8, 4) is 22.8 Å². The van der Waals surface area contributed by atoms with Crippen LogP contribution in [0.2, 0.25) is 0 Å². The van der Waals surface area contributed by atoms with Gasteiger partial charge in [0.1, 0.15) is 28.3 Å². The lowest BCUT2D eigenvalue weighted by molar-refractivity contribution is 0.278. The maximum absolute atomic E-state index is 13.1. The summed E-state index contributed by atoms with van der Waals surface area (Å²) in [5, 5.41) is 0. The number of aromatic nitrogens is 3. The second kappa shape index (κ2) is 7.77. The predicted molar refractivity (Wildman–Crippen MR) is 106 cm³/mol. The first-order valence-corrected chi connectivity index (χ1v) is 9.31. The van der Waals surface area contributed by atoms with Crippen molar-refractivity contribution in [2.75, 3.05) is 13.7 Å². The molecule has 0 amide bonds. The summed E-state index contributed by atoms with van der Waals surface area (Å²) in [7, 11) is 1.58. The Morgan fingerprint density at radius 1 is 1.11 bits per heavy atom. The number of fused-ring (bicyclic) bond motifs is 1. The van der Waals surface area contributed by atoms with Crippen LogP contribution in [0.5, 0.6) is 11.5 Å². The molecular formula is C20H16FN3O3S. The largest absolute Gasteiger partial charge is 0.493 e. The third-order valence-corrected chi connectivity index (χ3v) is 5.05. The van der Waals surface area contributed by atoms with Crippen LogP contribution in [0.4, 0.5) is 4.39 Å². The van der Waals surface area contributed by atoms with Crippen LogP contribution in [-0.4, -0.2) is 27.6 Å². The van der Waals surface area contributed by atoms with Crippen molar-refractivity contribution in [2.45, 2.75) is 6.54 Å². The van der Waals surface area contributed by atoms with Gasteiger partial charge in [0.25, 0.3) is 5.56 Å². The lowest BCUT2D eigenvalue weighted by atomic mass is 10.1. The van der Waals surface area contributed by atoms with E-state index in [1.54, 1.807) is 25.3 Å². The molecule has 0 N–H and O–H groups in total. The Kier molecular flexibility index (Phi) is 5.03. The number of ether oxygens (including phenoxy) is 2. The molecular weight excluding hydrogens is 381 g/mol. The van der Waals surface area contributed by atoms with Crippen LogP contribution in [0.15, 0.2) is 59.7 Å². The Bertz CT molecular complexity index is 1170. The molecule has 0 saturated heterocycles. The van der Waals surface area contributed by atoms with E-state index in [9.17, 15) is 9.18 Å². The van der Waals surface area contributed by atoms with E-state index in [4.69, 9.17) is 9.47 Å². The summed E-state index contributed by atoms with van der Waals surface area (Å²) < 4.78 is 30.4. The third-order valence-electron chi connectivity index (χ3n) is 4.23. The molecule has 0 spiro atoms. The molecule has 2 heterocycles. The molecule has 0 unspecified atom stereocenters. The Labute approximate surface area is 164 Å². The van der Waals surface area contributed by atoms with Crippen LogP contribution in [0.1, 0.15) is 0 Å². The molecule has 0 aliphatic heterocycles. The van der Waals surface area contributed by atoms with E-state index in [2.05, 4.69) is 9.36 Å². The molecule has 2 aromatic heterocycles. The third kappa shape index (κ3) is 3.46. The summed E-state index contributed by atoms with van der Waals surface area (Å²) >= 11 is 1.09. The van der Waals surface area contributed by atoms with Crippen molar-refractivity contribution in [2.24, 2.45) is 0 Å². The lowest BCUT2D eigenvalue weighted by Gasteiger charge is -2.11. The molecule has 0 aliphatic rings. The fraction of sp³-hybridized carbons (Fsp3) is 0.150. The van der Waals surface area contributed by atoms with Crippen molar-refractivity contribution in [3.05, 3.63) is 71.0 Å². The number of halogens is 1. The average Bonchev–Trinajstić information content (AvgIpc) is 3.15. The first kappa shape index (κ1) is 18.1. The number of nitrogens with zero attached hydrogens (tertiary/aromatic N) is 3. The molecule has 142 valence electrons. The fourth-order valence-corrected chi connectivity index (χ4v) is 3.61. The van der Waals surface area contributed by atoms with Gasteiger partial charge in [-0.15, -0.1) is 0 Å². The number of methoxy groups -OCH3 is 1. The molecule has 0 bridgehead atoms. The second-order valence-electron chi connectivity index (χ2n) is 5.96. The predicted octanol–water partition coefficient (Wildman–Crippen LogP) is 3.75. The average molecular weight is 397 g/mol. The zero-order valence-electron chi connectivity index (χ0n) is 15.0. The Balaban J connectivity index is 1.55. The van der Waals surface area contributed by atoms with Gasteiger partial charge in [0.2, 0.25) is 0 Å². The molecule has 0 atom stereocenters. The molecule has 8 heteroatoms. The van der Waals surface area contributed by atoms with Crippen LogP contribution in [0.3, 0.4) is 0 Å². The van der Waals surface area contributed by atoms with Crippen LogP contribution in [0, 0.1) is 5.82 Å². The molecule has 6 nitrogen and oxygen atoms in total. The normalized spacial score (nSPS) is 10.9. The molecule has 0 fully saturated rings. The quantitative estimate of drug-likeness (QED) is 0.496. The zero-order valence-corrected chi connectivity index (χ0v) is 15.8. The van der Waals surface area contributed by atoms with Gasteiger partial charge >= 0.3 is 0 Å². The molecule has 0 radical (unpaired) electrons. The van der Waals surface area contributed by atoms with E-state index < -0.39 is 0 Å². The van der Waals surface area contributed by atoms with Gasteiger partial charge < -0.3 is 9.47 Å². The molecule has 4 aromatic rings. The Hall–Kier alpha value is -3.26. The van der Waals surface area contributed by atoms with Gasteiger partial charge in [0.05, 0.1) is 20.0 Å². The summed E-state index contributed by atoms with van der Waals surface area (Å²) in [5.41, 5.74) is 1.63. The maximum atomic E-state index is 13.1. The standard InChI is InChI=1S/C20H16FN3O3S/c1-26-15-4-2-3-5-16(15)27-11-10-24-12-22-18-17(23-28-19(18)20(24)25)13-6-8-14(21)9-7-13/h2-9,12H,10-11H2,1H3. The van der Waals surface area contributed by atoms with Gasteiger partial charge in [-0.05, 0) is 47.9 Å². The highest BCUT2D eigenvalue weighted by Gasteiger charge is 2.14. The SMILES string of the molecule is COc1ccccc1OCCn1cnc2c(-c3ccc(F)cc3)nsc2c1=O. The van der Waals surface area contributed by atoms with E-state index in [-0.39, 0.29) is 18.0 Å². The minimum atomic E-state index is -0.325. The van der Waals surface area contributed by atoms with Crippen LogP contribution >= 0.6 is 11.5 Å². The lowest BCUT2D eigenvalue weighted by Crippen LogP contribution is -2.22. The van der Waals surface area contributed by atoms with Gasteiger partial charge in [0.15, 0.2) is 11.5 Å². The molecule has 0 saturated carbocycles. The first-order valence-electron chi connectivity index (χ1n) is 8.54. The number of para-hydroxylation sites is 2. The van der Waals surface area contributed by atoms with E-state index in [0.29, 0.717) is 34.0 Å². The fourth-order valence-electron chi connectivity index (χ4n) is 2.80. The highest BCUT2D eigenvalue weighted by atomic mass is 32.1. The molecule has 0 aliphatic carbocycles. The van der Waals surface area contributed by atoms with Gasteiger partial charge in [0, 0.05) is 5.56 Å². The van der Waals surface area contributed by atoms with Crippen LogP contribution < -0.4 is 15.0 Å².